The lowest BCUT2D eigenvalue weighted by Crippen LogP contribution is -2.61. The quantitative estimate of drug-likeness (QED) is 0.0374. The highest BCUT2D eigenvalue weighted by Gasteiger charge is 2.46. The zero-order chi connectivity index (χ0) is 37.7. The summed E-state index contributed by atoms with van der Waals surface area (Å²) in [6.07, 6.45) is 43.4. The summed E-state index contributed by atoms with van der Waals surface area (Å²) in [6.45, 7) is 8.21. The molecule has 0 rings (SSSR count). The van der Waals surface area contributed by atoms with E-state index in [0.29, 0.717) is 32.1 Å². The summed E-state index contributed by atoms with van der Waals surface area (Å²) in [5.74, 6) is -0.555. The molecule has 51 heavy (non-hydrogen) atoms. The molecule has 6 nitrogen and oxygen atoms in total. The lowest BCUT2D eigenvalue weighted by molar-refractivity contribution is -0.180. The van der Waals surface area contributed by atoms with Crippen molar-refractivity contribution in [3.63, 3.8) is 0 Å². The van der Waals surface area contributed by atoms with Crippen LogP contribution in [0.1, 0.15) is 227 Å². The van der Waals surface area contributed by atoms with Gasteiger partial charge < -0.3 is 20.3 Å². The van der Waals surface area contributed by atoms with Crippen LogP contribution in [0.2, 0.25) is 0 Å². The van der Waals surface area contributed by atoms with Crippen LogP contribution in [0.15, 0.2) is 24.3 Å². The van der Waals surface area contributed by atoms with E-state index < -0.39 is 11.1 Å². The number of nitrogens with two attached hydrogens (primary N) is 1. The summed E-state index contributed by atoms with van der Waals surface area (Å²) in [7, 11) is 0. The van der Waals surface area contributed by atoms with E-state index in [1.165, 1.54) is 116 Å². The van der Waals surface area contributed by atoms with Gasteiger partial charge >= 0.3 is 11.9 Å². The molecule has 6 heteroatoms. The third kappa shape index (κ3) is 30.5. The molecule has 2 unspecified atom stereocenters. The van der Waals surface area contributed by atoms with E-state index in [9.17, 15) is 14.7 Å². The van der Waals surface area contributed by atoms with Crippen molar-refractivity contribution in [2.75, 3.05) is 13.2 Å². The summed E-state index contributed by atoms with van der Waals surface area (Å²) in [4.78, 5) is 25.6. The molecule has 2 atom stereocenters. The molecule has 0 heterocycles. The molecule has 0 radical (unpaired) electrons. The van der Waals surface area contributed by atoms with Gasteiger partial charge in [-0.25, -0.2) is 0 Å². The van der Waals surface area contributed by atoms with E-state index in [1.54, 1.807) is 6.92 Å². The molecule has 300 valence electrons. The van der Waals surface area contributed by atoms with Crippen molar-refractivity contribution in [2.24, 2.45) is 5.73 Å². The number of esters is 2. The fourth-order valence-corrected chi connectivity index (χ4v) is 6.45. The third-order valence-corrected chi connectivity index (χ3v) is 10.4. The second kappa shape index (κ2) is 35.4. The van der Waals surface area contributed by atoms with Crippen LogP contribution in [-0.2, 0) is 19.1 Å². The summed E-state index contributed by atoms with van der Waals surface area (Å²) in [6, 6.07) is 0. The Morgan fingerprint density at radius 3 is 1.31 bits per heavy atom. The van der Waals surface area contributed by atoms with Crippen LogP contribution in [-0.4, -0.2) is 41.4 Å². The number of unbranched alkanes of at least 4 members (excludes halogenated alkanes) is 23. The number of hydrogen-bond acceptors (Lipinski definition) is 6. The van der Waals surface area contributed by atoms with Crippen molar-refractivity contribution in [3.8, 4) is 0 Å². The van der Waals surface area contributed by atoms with Crippen LogP contribution >= 0.6 is 0 Å². The molecule has 0 aromatic rings. The van der Waals surface area contributed by atoms with Crippen LogP contribution in [0.3, 0.4) is 0 Å². The Morgan fingerprint density at radius 1 is 0.529 bits per heavy atom. The molecule has 0 spiro atoms. The van der Waals surface area contributed by atoms with Gasteiger partial charge in [0.05, 0.1) is 5.54 Å². The van der Waals surface area contributed by atoms with Crippen molar-refractivity contribution in [2.45, 2.75) is 238 Å². The molecular weight excluding hydrogens is 634 g/mol. The molecule has 0 amide bonds. The van der Waals surface area contributed by atoms with Gasteiger partial charge in [0, 0.05) is 19.4 Å². The number of ether oxygens (including phenoxy) is 2. The van der Waals surface area contributed by atoms with Crippen molar-refractivity contribution in [1.82, 2.24) is 0 Å². The average molecular weight is 720 g/mol. The van der Waals surface area contributed by atoms with E-state index in [1.807, 2.05) is 6.92 Å². The van der Waals surface area contributed by atoms with Crippen LogP contribution in [0.5, 0.6) is 0 Å². The van der Waals surface area contributed by atoms with Gasteiger partial charge in [0.25, 0.3) is 0 Å². The van der Waals surface area contributed by atoms with Crippen LogP contribution in [0, 0.1) is 0 Å². The fraction of sp³-hybridized carbons (Fsp3) is 0.867. The lowest BCUT2D eigenvalue weighted by atomic mass is 9.79. The average Bonchev–Trinajstić information content (AvgIpc) is 3.10. The maximum atomic E-state index is 13.0. The molecule has 0 aliphatic heterocycles. The molecule has 3 N–H and O–H groups in total. The molecule has 0 bridgehead atoms. The van der Waals surface area contributed by atoms with Crippen molar-refractivity contribution in [3.05, 3.63) is 24.3 Å². The van der Waals surface area contributed by atoms with Gasteiger partial charge in [0.15, 0.2) is 5.60 Å². The first kappa shape index (κ1) is 49.3. The maximum Gasteiger partial charge on any atom is 0.306 e. The number of hydrogen-bond donors (Lipinski definition) is 2. The number of allylic oxidation sites excluding steroid dienone is 4. The van der Waals surface area contributed by atoms with E-state index >= 15 is 0 Å². The van der Waals surface area contributed by atoms with Crippen LogP contribution in [0.25, 0.3) is 0 Å². The Hall–Kier alpha value is -1.66. The Morgan fingerprint density at radius 2 is 0.902 bits per heavy atom. The van der Waals surface area contributed by atoms with E-state index in [0.717, 1.165) is 51.4 Å². The number of carbonyl (C=O) groups is 2. The normalized spacial score (nSPS) is 14.2. The van der Waals surface area contributed by atoms with Crippen molar-refractivity contribution >= 4 is 11.9 Å². The Kier molecular flexibility index (Phi) is 34.2. The molecule has 0 fully saturated rings. The molecule has 0 aliphatic carbocycles. The molecule has 0 aromatic heterocycles. The minimum absolute atomic E-state index is 0.0544. The highest BCUT2D eigenvalue weighted by molar-refractivity contribution is 5.71. The van der Waals surface area contributed by atoms with Crippen molar-refractivity contribution in [1.29, 1.82) is 0 Å². The topological polar surface area (TPSA) is 98.9 Å². The lowest BCUT2D eigenvalue weighted by Gasteiger charge is -2.42. The van der Waals surface area contributed by atoms with Gasteiger partial charge in [-0.2, -0.15) is 0 Å². The highest BCUT2D eigenvalue weighted by atomic mass is 16.6. The van der Waals surface area contributed by atoms with Crippen LogP contribution in [0.4, 0.5) is 0 Å². The highest BCUT2D eigenvalue weighted by Crippen LogP contribution is 2.30. The first-order chi connectivity index (χ1) is 24.7. The number of rotatable bonds is 38. The van der Waals surface area contributed by atoms with Gasteiger partial charge in [0.1, 0.15) is 6.61 Å². The first-order valence-corrected chi connectivity index (χ1v) is 21.8. The number of aliphatic hydroxyl groups is 1. The number of aliphatic hydroxyl groups excluding tert-OH is 1. The van der Waals surface area contributed by atoms with Gasteiger partial charge in [-0.05, 0) is 97.3 Å². The number of carbonyl (C=O) groups excluding carboxylic acids is 2. The maximum absolute atomic E-state index is 13.0. The molecule has 0 saturated heterocycles. The van der Waals surface area contributed by atoms with Gasteiger partial charge in [0.2, 0.25) is 0 Å². The molecular formula is C45H85NO5. The first-order valence-electron chi connectivity index (χ1n) is 21.8. The zero-order valence-corrected chi connectivity index (χ0v) is 34.3. The summed E-state index contributed by atoms with van der Waals surface area (Å²) >= 11 is 0. The summed E-state index contributed by atoms with van der Waals surface area (Å²) in [5.41, 5.74) is 4.69. The Bertz CT molecular complexity index is 854. The van der Waals surface area contributed by atoms with Crippen LogP contribution < -0.4 is 5.73 Å². The molecule has 0 saturated carbocycles. The zero-order valence-electron chi connectivity index (χ0n) is 34.3. The standard InChI is InChI=1S/C45H85NO5/c1-5-7-9-11-13-15-17-19-21-23-25-27-29-31-33-37-42(48)50-41-45(4,44(3,46)39-35-36-40-47)51-43(49)38-34-32-30-28-26-24-22-20-18-16-14-12-10-8-6-2/h19-22,47H,5-18,23-41,46H2,1-4H3/b21-19-,22-20-. The third-order valence-electron chi connectivity index (χ3n) is 10.4. The SMILES string of the molecule is CCCCCCCC/C=C\CCCCCCCC(=O)OCC(C)(OC(=O)CCCCCCC/C=C\CCCCCCCC)C(C)(N)CCCCO. The second-order valence-electron chi connectivity index (χ2n) is 15.6. The Balaban J connectivity index is 4.32. The summed E-state index contributed by atoms with van der Waals surface area (Å²) < 4.78 is 11.7. The van der Waals surface area contributed by atoms with E-state index in [-0.39, 0.29) is 25.2 Å². The largest absolute Gasteiger partial charge is 0.461 e. The molecule has 0 aromatic carbocycles. The minimum atomic E-state index is -1.14. The monoisotopic (exact) mass is 720 g/mol. The van der Waals surface area contributed by atoms with Gasteiger partial charge in [-0.15, -0.1) is 0 Å². The van der Waals surface area contributed by atoms with Gasteiger partial charge in [-0.1, -0.05) is 141 Å². The smallest absolute Gasteiger partial charge is 0.306 e. The predicted octanol–water partition coefficient (Wildman–Crippen LogP) is 12.8. The van der Waals surface area contributed by atoms with E-state index in [4.69, 9.17) is 15.2 Å². The van der Waals surface area contributed by atoms with E-state index in [2.05, 4.69) is 38.2 Å². The van der Waals surface area contributed by atoms with Crippen molar-refractivity contribution < 1.29 is 24.2 Å². The van der Waals surface area contributed by atoms with Gasteiger partial charge in [-0.3, -0.25) is 9.59 Å². The second-order valence-corrected chi connectivity index (χ2v) is 15.6. The fourth-order valence-electron chi connectivity index (χ4n) is 6.45. The minimum Gasteiger partial charge on any atom is -0.461 e. The Labute approximate surface area is 316 Å². The summed E-state index contributed by atoms with van der Waals surface area (Å²) in [5, 5.41) is 9.28. The molecule has 0 aliphatic rings. The predicted molar refractivity (Wildman–Crippen MR) is 218 cm³/mol.